The molecule has 0 aliphatic carbocycles. The number of nitrogens with one attached hydrogen (secondary N) is 1. The number of aromatic amines is 1. The molecule has 31 heavy (non-hydrogen) atoms. The van der Waals surface area contributed by atoms with E-state index in [9.17, 15) is 5.11 Å². The van der Waals surface area contributed by atoms with Crippen LogP contribution in [-0.2, 0) is 6.61 Å². The summed E-state index contributed by atoms with van der Waals surface area (Å²) in [6.45, 7) is 4.64. The molecule has 0 bridgehead atoms. The standard InChI is InChI=1S/C25H26N4O2/c1-28-11-13-29(14-12-28)19-7-10-22-23(15-19)27-25(26-22)21-9-8-20(16-24(21)30)31-17-18-5-3-2-4-6-18/h2-10,15-16,30H,11-14,17H2,1H3,(H,26,27). The molecule has 0 radical (unpaired) electrons. The molecule has 1 saturated heterocycles. The molecular formula is C25H26N4O2. The maximum atomic E-state index is 10.6. The number of likely N-dealkylation sites (N-methyl/N-ethyl adjacent to an activating group) is 1. The average Bonchev–Trinajstić information content (AvgIpc) is 3.22. The van der Waals surface area contributed by atoms with Crippen LogP contribution in [0.3, 0.4) is 0 Å². The van der Waals surface area contributed by atoms with Gasteiger partial charge in [-0.2, -0.15) is 0 Å². The molecule has 1 aromatic heterocycles. The predicted molar refractivity (Wildman–Crippen MR) is 124 cm³/mol. The molecule has 0 saturated carbocycles. The van der Waals surface area contributed by atoms with Gasteiger partial charge in [0.25, 0.3) is 0 Å². The fourth-order valence-electron chi connectivity index (χ4n) is 3.93. The van der Waals surface area contributed by atoms with Crippen molar-refractivity contribution in [1.29, 1.82) is 0 Å². The number of fused-ring (bicyclic) bond motifs is 1. The van der Waals surface area contributed by atoms with E-state index >= 15 is 0 Å². The molecule has 5 rings (SSSR count). The molecule has 1 aliphatic rings. The summed E-state index contributed by atoms with van der Waals surface area (Å²) in [4.78, 5) is 12.8. The van der Waals surface area contributed by atoms with Crippen molar-refractivity contribution in [1.82, 2.24) is 14.9 Å². The number of imidazole rings is 1. The number of phenolic OH excluding ortho intramolecular Hbond substituents is 1. The molecule has 6 nitrogen and oxygen atoms in total. The lowest BCUT2D eigenvalue weighted by Gasteiger charge is -2.34. The lowest BCUT2D eigenvalue weighted by atomic mass is 10.2. The van der Waals surface area contributed by atoms with Gasteiger partial charge in [0.2, 0.25) is 0 Å². The number of anilines is 1. The third-order valence-electron chi connectivity index (χ3n) is 5.81. The van der Waals surface area contributed by atoms with Gasteiger partial charge in [-0.25, -0.2) is 4.98 Å². The summed E-state index contributed by atoms with van der Waals surface area (Å²) in [5, 5.41) is 10.6. The second kappa shape index (κ2) is 8.32. The Bertz CT molecular complexity index is 1180. The summed E-state index contributed by atoms with van der Waals surface area (Å²) in [6.07, 6.45) is 0. The number of benzene rings is 3. The molecule has 6 heteroatoms. The number of rotatable bonds is 5. The van der Waals surface area contributed by atoms with Crippen molar-refractivity contribution in [3.63, 3.8) is 0 Å². The van der Waals surface area contributed by atoms with Gasteiger partial charge in [0.15, 0.2) is 0 Å². The molecule has 0 spiro atoms. The largest absolute Gasteiger partial charge is 0.507 e. The Morgan fingerprint density at radius 2 is 1.77 bits per heavy atom. The molecule has 158 valence electrons. The maximum absolute atomic E-state index is 10.6. The highest BCUT2D eigenvalue weighted by Crippen LogP contribution is 2.33. The zero-order valence-electron chi connectivity index (χ0n) is 17.6. The van der Waals surface area contributed by atoms with Crippen LogP contribution >= 0.6 is 0 Å². The fourth-order valence-corrected chi connectivity index (χ4v) is 3.93. The predicted octanol–water partition coefficient (Wildman–Crippen LogP) is 4.27. The van der Waals surface area contributed by atoms with E-state index < -0.39 is 0 Å². The van der Waals surface area contributed by atoms with Crippen LogP contribution in [-0.4, -0.2) is 53.2 Å². The second-order valence-corrected chi connectivity index (χ2v) is 8.03. The first-order valence-corrected chi connectivity index (χ1v) is 10.6. The first-order valence-electron chi connectivity index (χ1n) is 10.6. The number of aromatic nitrogens is 2. The van der Waals surface area contributed by atoms with Gasteiger partial charge in [0.05, 0.1) is 16.6 Å². The number of H-pyrrole nitrogens is 1. The van der Waals surface area contributed by atoms with E-state index in [1.165, 1.54) is 5.69 Å². The van der Waals surface area contributed by atoms with E-state index in [0.717, 1.165) is 42.8 Å². The Morgan fingerprint density at radius 1 is 0.968 bits per heavy atom. The van der Waals surface area contributed by atoms with Crippen LogP contribution in [0, 0.1) is 0 Å². The number of ether oxygens (including phenoxy) is 1. The van der Waals surface area contributed by atoms with Crippen LogP contribution in [0.2, 0.25) is 0 Å². The molecule has 2 N–H and O–H groups in total. The van der Waals surface area contributed by atoms with Crippen LogP contribution in [0.25, 0.3) is 22.4 Å². The number of piperazine rings is 1. The number of hydrogen-bond donors (Lipinski definition) is 2. The van der Waals surface area contributed by atoms with Crippen molar-refractivity contribution in [3.05, 3.63) is 72.3 Å². The quantitative estimate of drug-likeness (QED) is 0.511. The second-order valence-electron chi connectivity index (χ2n) is 8.03. The average molecular weight is 415 g/mol. The molecule has 0 amide bonds. The van der Waals surface area contributed by atoms with Crippen LogP contribution < -0.4 is 9.64 Å². The maximum Gasteiger partial charge on any atom is 0.142 e. The van der Waals surface area contributed by atoms with E-state index in [-0.39, 0.29) is 5.75 Å². The first-order chi connectivity index (χ1) is 15.2. The van der Waals surface area contributed by atoms with E-state index in [1.54, 1.807) is 6.07 Å². The number of hydrogen-bond acceptors (Lipinski definition) is 5. The normalized spacial score (nSPS) is 14.8. The number of aromatic hydroxyl groups is 1. The van der Waals surface area contributed by atoms with E-state index in [2.05, 4.69) is 38.9 Å². The Labute approximate surface area is 181 Å². The van der Waals surface area contributed by atoms with Gasteiger partial charge >= 0.3 is 0 Å². The number of phenols is 1. The fraction of sp³-hybridized carbons (Fsp3) is 0.240. The van der Waals surface area contributed by atoms with Crippen LogP contribution in [0.15, 0.2) is 66.7 Å². The monoisotopic (exact) mass is 414 g/mol. The first kappa shape index (κ1) is 19.5. The van der Waals surface area contributed by atoms with E-state index in [1.807, 2.05) is 48.5 Å². The third kappa shape index (κ3) is 4.20. The Kier molecular flexibility index (Phi) is 5.22. The molecule has 1 fully saturated rings. The molecule has 3 aromatic carbocycles. The minimum Gasteiger partial charge on any atom is -0.507 e. The summed E-state index contributed by atoms with van der Waals surface area (Å²) in [5.41, 5.74) is 4.79. The third-order valence-corrected chi connectivity index (χ3v) is 5.81. The smallest absolute Gasteiger partial charge is 0.142 e. The van der Waals surface area contributed by atoms with Crippen molar-refractivity contribution in [2.24, 2.45) is 0 Å². The van der Waals surface area contributed by atoms with Gasteiger partial charge in [-0.05, 0) is 42.9 Å². The van der Waals surface area contributed by atoms with Gasteiger partial charge in [-0.1, -0.05) is 30.3 Å². The summed E-state index contributed by atoms with van der Waals surface area (Å²) in [7, 11) is 2.16. The van der Waals surface area contributed by atoms with E-state index in [0.29, 0.717) is 23.7 Å². The van der Waals surface area contributed by atoms with Crippen LogP contribution in [0.5, 0.6) is 11.5 Å². The zero-order chi connectivity index (χ0) is 21.2. The van der Waals surface area contributed by atoms with Crippen LogP contribution in [0.1, 0.15) is 5.56 Å². The molecular weight excluding hydrogens is 388 g/mol. The molecule has 0 atom stereocenters. The lowest BCUT2D eigenvalue weighted by Crippen LogP contribution is -2.44. The summed E-state index contributed by atoms with van der Waals surface area (Å²) >= 11 is 0. The van der Waals surface area contributed by atoms with Gasteiger partial charge in [-0.3, -0.25) is 0 Å². The summed E-state index contributed by atoms with van der Waals surface area (Å²) in [6, 6.07) is 21.6. The van der Waals surface area contributed by atoms with Gasteiger partial charge in [0.1, 0.15) is 23.9 Å². The minimum atomic E-state index is 0.143. The molecule has 4 aromatic rings. The van der Waals surface area contributed by atoms with Crippen molar-refractivity contribution in [2.75, 3.05) is 38.1 Å². The molecule has 2 heterocycles. The highest BCUT2D eigenvalue weighted by molar-refractivity contribution is 5.84. The van der Waals surface area contributed by atoms with Crippen molar-refractivity contribution in [3.8, 4) is 22.9 Å². The number of nitrogens with zero attached hydrogens (tertiary/aromatic N) is 3. The SMILES string of the molecule is CN1CCN(c2ccc3nc(-c4ccc(OCc5ccccc5)cc4O)[nH]c3c2)CC1. The van der Waals surface area contributed by atoms with Gasteiger partial charge in [-0.15, -0.1) is 0 Å². The highest BCUT2D eigenvalue weighted by Gasteiger charge is 2.16. The molecule has 1 aliphatic heterocycles. The van der Waals surface area contributed by atoms with E-state index in [4.69, 9.17) is 4.74 Å². The van der Waals surface area contributed by atoms with Crippen molar-refractivity contribution < 1.29 is 9.84 Å². The Hall–Kier alpha value is -3.51. The summed E-state index contributed by atoms with van der Waals surface area (Å²) in [5.74, 6) is 1.42. The zero-order valence-corrected chi connectivity index (χ0v) is 17.6. The van der Waals surface area contributed by atoms with Crippen molar-refractivity contribution in [2.45, 2.75) is 6.61 Å². The summed E-state index contributed by atoms with van der Waals surface area (Å²) < 4.78 is 5.81. The van der Waals surface area contributed by atoms with Gasteiger partial charge in [0, 0.05) is 37.9 Å². The van der Waals surface area contributed by atoms with Crippen LogP contribution in [0.4, 0.5) is 5.69 Å². The Morgan fingerprint density at radius 3 is 2.55 bits per heavy atom. The molecule has 0 unspecified atom stereocenters. The van der Waals surface area contributed by atoms with Crippen molar-refractivity contribution >= 4 is 16.7 Å². The lowest BCUT2D eigenvalue weighted by molar-refractivity contribution is 0.304. The van der Waals surface area contributed by atoms with Gasteiger partial charge < -0.3 is 24.6 Å². The minimum absolute atomic E-state index is 0.143. The Balaban J connectivity index is 1.35. The topological polar surface area (TPSA) is 64.6 Å². The highest BCUT2D eigenvalue weighted by atomic mass is 16.5.